The molecule has 1 aliphatic rings. The topological polar surface area (TPSA) is 0 Å². The number of hydrogen-bond acceptors (Lipinski definition) is 0. The lowest BCUT2D eigenvalue weighted by Crippen LogP contribution is -2.00. The first-order valence-corrected chi connectivity index (χ1v) is 4.85. The summed E-state index contributed by atoms with van der Waals surface area (Å²) in [5.74, 6) is 4.04. The highest BCUT2D eigenvalue weighted by molar-refractivity contribution is 7.96. The van der Waals surface area contributed by atoms with Gasteiger partial charge in [0.05, 0.1) is 6.26 Å². The van der Waals surface area contributed by atoms with E-state index in [0.717, 1.165) is 16.8 Å². The fraction of sp³-hybridized carbons (Fsp3) is 1.00. The van der Waals surface area contributed by atoms with Crippen molar-refractivity contribution >= 4 is 10.9 Å². The molecule has 0 nitrogen and oxygen atoms in total. The van der Waals surface area contributed by atoms with Crippen LogP contribution in [-0.2, 0) is 10.9 Å². The normalized spacial score (nSPS) is 42.0. The molecule has 1 fully saturated rings. The van der Waals surface area contributed by atoms with E-state index in [1.165, 1.54) is 17.9 Å². The fourth-order valence-corrected chi connectivity index (χ4v) is 3.16. The third kappa shape index (κ3) is 1.37. The molecule has 42 valence electrons. The molecular formula is C6H13S+. The molecule has 1 rings (SSSR count). The predicted molar refractivity (Wildman–Crippen MR) is 36.8 cm³/mol. The third-order valence-corrected chi connectivity index (χ3v) is 3.60. The van der Waals surface area contributed by atoms with Crippen molar-refractivity contribution < 1.29 is 0 Å². The highest BCUT2D eigenvalue weighted by atomic mass is 32.2. The van der Waals surface area contributed by atoms with E-state index in [0.29, 0.717) is 0 Å². The van der Waals surface area contributed by atoms with Gasteiger partial charge in [-0.05, 0) is 17.3 Å². The minimum Gasteiger partial charge on any atom is -0.0578 e. The van der Waals surface area contributed by atoms with Crippen molar-refractivity contribution in [3.8, 4) is 0 Å². The van der Waals surface area contributed by atoms with Crippen LogP contribution < -0.4 is 0 Å². The summed E-state index contributed by atoms with van der Waals surface area (Å²) in [6, 6.07) is 0. The molecule has 0 saturated carbocycles. The predicted octanol–water partition coefficient (Wildman–Crippen LogP) is 1.27. The lowest BCUT2D eigenvalue weighted by atomic mass is 10.2. The average molecular weight is 117 g/mol. The van der Waals surface area contributed by atoms with Crippen molar-refractivity contribution in [3.05, 3.63) is 0 Å². The third-order valence-electron chi connectivity index (χ3n) is 1.53. The van der Waals surface area contributed by atoms with Crippen LogP contribution in [0.4, 0.5) is 0 Å². The quantitative estimate of drug-likeness (QED) is 0.419. The van der Waals surface area contributed by atoms with Gasteiger partial charge >= 0.3 is 0 Å². The molecule has 0 N–H and O–H groups in total. The fourth-order valence-electron chi connectivity index (χ4n) is 1.05. The largest absolute Gasteiger partial charge is 0.110 e. The highest BCUT2D eigenvalue weighted by Gasteiger charge is 2.24. The Morgan fingerprint density at radius 1 is 1.57 bits per heavy atom. The summed E-state index contributed by atoms with van der Waals surface area (Å²) in [5, 5.41) is 0. The molecule has 0 aromatic carbocycles. The Labute approximate surface area is 48.6 Å². The molecule has 1 heterocycles. The Balaban J connectivity index is 2.26. The Hall–Kier alpha value is 0.350. The second-order valence-corrected chi connectivity index (χ2v) is 4.85. The minimum atomic E-state index is 0.797. The molecule has 0 radical (unpaired) electrons. The van der Waals surface area contributed by atoms with Gasteiger partial charge in [0.1, 0.15) is 11.5 Å². The molecule has 0 aromatic heterocycles. The maximum absolute atomic E-state index is 2.38. The van der Waals surface area contributed by atoms with E-state index >= 15 is 0 Å². The van der Waals surface area contributed by atoms with Crippen molar-refractivity contribution in [2.75, 3.05) is 17.8 Å². The van der Waals surface area contributed by atoms with Gasteiger partial charge in [-0.2, -0.15) is 0 Å². The molecular weight excluding hydrogens is 104 g/mol. The molecule has 7 heavy (non-hydrogen) atoms. The van der Waals surface area contributed by atoms with Crippen LogP contribution in [0.5, 0.6) is 0 Å². The summed E-state index contributed by atoms with van der Waals surface area (Å²) in [6.45, 7) is 2.36. The highest BCUT2D eigenvalue weighted by Crippen LogP contribution is 2.16. The average Bonchev–Trinajstić information content (AvgIpc) is 1.87. The standard InChI is InChI=1S/C6H13S/c1-6-3-4-7(2)5-6/h6H,3-5H2,1-2H3/q+1/t6-,7?/m0/s1. The van der Waals surface area contributed by atoms with Gasteiger partial charge < -0.3 is 0 Å². The molecule has 0 spiro atoms. The van der Waals surface area contributed by atoms with Crippen LogP contribution in [0, 0.1) is 5.92 Å². The molecule has 0 amide bonds. The second kappa shape index (κ2) is 2.08. The van der Waals surface area contributed by atoms with Gasteiger partial charge in [0.15, 0.2) is 0 Å². The summed E-state index contributed by atoms with van der Waals surface area (Å²) in [6.07, 6.45) is 3.86. The summed E-state index contributed by atoms with van der Waals surface area (Å²) in [5.41, 5.74) is 0. The number of rotatable bonds is 0. The van der Waals surface area contributed by atoms with Crippen LogP contribution in [0.3, 0.4) is 0 Å². The summed E-state index contributed by atoms with van der Waals surface area (Å²) < 4.78 is 0. The lowest BCUT2D eigenvalue weighted by molar-refractivity contribution is 0.669. The van der Waals surface area contributed by atoms with Crippen LogP contribution in [0.25, 0.3) is 0 Å². The Morgan fingerprint density at radius 2 is 2.29 bits per heavy atom. The van der Waals surface area contributed by atoms with Crippen LogP contribution >= 0.6 is 0 Å². The minimum absolute atomic E-state index is 0.797. The van der Waals surface area contributed by atoms with Gasteiger partial charge in [-0.25, -0.2) is 0 Å². The van der Waals surface area contributed by atoms with E-state index in [9.17, 15) is 0 Å². The molecule has 1 saturated heterocycles. The van der Waals surface area contributed by atoms with Crippen molar-refractivity contribution in [1.29, 1.82) is 0 Å². The number of hydrogen-bond donors (Lipinski definition) is 0. The van der Waals surface area contributed by atoms with Crippen molar-refractivity contribution in [1.82, 2.24) is 0 Å². The smallest absolute Gasteiger partial charge is 0.0578 e. The molecule has 0 aromatic rings. The maximum Gasteiger partial charge on any atom is 0.110 e. The first kappa shape index (κ1) is 5.49. The van der Waals surface area contributed by atoms with Crippen LogP contribution in [-0.4, -0.2) is 17.8 Å². The molecule has 1 unspecified atom stereocenters. The van der Waals surface area contributed by atoms with E-state index in [-0.39, 0.29) is 0 Å². The van der Waals surface area contributed by atoms with Gasteiger partial charge in [-0.3, -0.25) is 0 Å². The van der Waals surface area contributed by atoms with Crippen LogP contribution in [0.1, 0.15) is 13.3 Å². The molecule has 2 atom stereocenters. The van der Waals surface area contributed by atoms with Gasteiger partial charge in [0.25, 0.3) is 0 Å². The molecule has 0 aliphatic carbocycles. The van der Waals surface area contributed by atoms with E-state index in [2.05, 4.69) is 13.2 Å². The summed E-state index contributed by atoms with van der Waals surface area (Å²) in [4.78, 5) is 0. The van der Waals surface area contributed by atoms with Gasteiger partial charge in [-0.1, -0.05) is 6.92 Å². The van der Waals surface area contributed by atoms with E-state index < -0.39 is 0 Å². The summed E-state index contributed by atoms with van der Waals surface area (Å²) in [7, 11) is 0.797. The van der Waals surface area contributed by atoms with Crippen molar-refractivity contribution in [2.45, 2.75) is 13.3 Å². The zero-order chi connectivity index (χ0) is 5.28. The van der Waals surface area contributed by atoms with Gasteiger partial charge in [-0.15, -0.1) is 0 Å². The van der Waals surface area contributed by atoms with Gasteiger partial charge in [0.2, 0.25) is 0 Å². The van der Waals surface area contributed by atoms with Gasteiger partial charge in [0, 0.05) is 5.92 Å². The Morgan fingerprint density at radius 3 is 2.43 bits per heavy atom. The second-order valence-electron chi connectivity index (χ2n) is 2.55. The maximum atomic E-state index is 2.38. The zero-order valence-electron chi connectivity index (χ0n) is 5.11. The van der Waals surface area contributed by atoms with E-state index in [4.69, 9.17) is 0 Å². The first-order chi connectivity index (χ1) is 3.29. The Bertz CT molecular complexity index is 53.2. The zero-order valence-corrected chi connectivity index (χ0v) is 5.92. The van der Waals surface area contributed by atoms with Crippen molar-refractivity contribution in [2.24, 2.45) is 5.92 Å². The van der Waals surface area contributed by atoms with E-state index in [1.807, 2.05) is 0 Å². The molecule has 0 bridgehead atoms. The van der Waals surface area contributed by atoms with Crippen molar-refractivity contribution in [3.63, 3.8) is 0 Å². The van der Waals surface area contributed by atoms with Crippen LogP contribution in [0.15, 0.2) is 0 Å². The molecule has 1 aliphatic heterocycles. The SMILES string of the molecule is C[C@H]1CC[S+](C)C1. The Kier molecular flexibility index (Phi) is 1.63. The summed E-state index contributed by atoms with van der Waals surface area (Å²) >= 11 is 0. The lowest BCUT2D eigenvalue weighted by Gasteiger charge is -1.88. The van der Waals surface area contributed by atoms with E-state index in [1.54, 1.807) is 0 Å². The first-order valence-electron chi connectivity index (χ1n) is 2.88. The monoisotopic (exact) mass is 117 g/mol. The molecule has 1 heteroatoms. The van der Waals surface area contributed by atoms with Crippen LogP contribution in [0.2, 0.25) is 0 Å².